The number of hydrogen-bond donors (Lipinski definition) is 0. The van der Waals surface area contributed by atoms with E-state index >= 15 is 0 Å². The fraction of sp³-hybridized carbons (Fsp3) is 0.455. The van der Waals surface area contributed by atoms with Crippen LogP contribution in [0.25, 0.3) is 10.9 Å². The minimum atomic E-state index is -0.376. The van der Waals surface area contributed by atoms with Crippen molar-refractivity contribution in [3.05, 3.63) is 46.2 Å². The topological polar surface area (TPSA) is 88.9 Å². The van der Waals surface area contributed by atoms with E-state index in [2.05, 4.69) is 0 Å². The molecule has 1 saturated heterocycles. The number of rotatable bonds is 5. The summed E-state index contributed by atoms with van der Waals surface area (Å²) in [6.45, 7) is 2.95. The molecule has 1 fully saturated rings. The Bertz CT molecular complexity index is 1020. The maximum Gasteiger partial charge on any atom is 0.309 e. The molecule has 8 heteroatoms. The van der Waals surface area contributed by atoms with Crippen molar-refractivity contribution in [1.29, 1.82) is 0 Å². The van der Waals surface area contributed by atoms with Gasteiger partial charge in [-0.25, -0.2) is 0 Å². The van der Waals surface area contributed by atoms with Crippen LogP contribution in [0.5, 0.6) is 0 Å². The Morgan fingerprint density at radius 3 is 2.50 bits per heavy atom. The first-order valence-electron chi connectivity index (χ1n) is 10.1. The number of ether oxygens (including phenoxy) is 1. The Morgan fingerprint density at radius 1 is 1.17 bits per heavy atom. The maximum absolute atomic E-state index is 13.0. The highest BCUT2D eigenvalue weighted by atomic mass is 16.5. The molecule has 0 atom stereocenters. The van der Waals surface area contributed by atoms with Gasteiger partial charge in [-0.15, -0.1) is 0 Å². The number of piperidine rings is 1. The van der Waals surface area contributed by atoms with Crippen LogP contribution < -0.4 is 5.56 Å². The van der Waals surface area contributed by atoms with Gasteiger partial charge in [0, 0.05) is 38.6 Å². The van der Waals surface area contributed by atoms with Crippen LogP contribution in [0.2, 0.25) is 0 Å². The summed E-state index contributed by atoms with van der Waals surface area (Å²) in [6.07, 6.45) is 1.11. The third kappa shape index (κ3) is 4.37. The van der Waals surface area contributed by atoms with Gasteiger partial charge in [0.2, 0.25) is 5.91 Å². The number of aryl methyl sites for hydroxylation is 1. The molecule has 2 amide bonds. The summed E-state index contributed by atoms with van der Waals surface area (Å²) in [4.78, 5) is 52.8. The number of benzene rings is 1. The van der Waals surface area contributed by atoms with E-state index in [1.54, 1.807) is 38.1 Å². The normalized spacial score (nSPS) is 14.6. The number of carbonyl (C=O) groups excluding carboxylic acids is 3. The van der Waals surface area contributed by atoms with Crippen LogP contribution in [-0.2, 0) is 21.4 Å². The molecule has 0 N–H and O–H groups in total. The standard InChI is InChI=1S/C22H27N3O5/c1-4-30-22(29)15-9-11-25(12-10-15)20(27)14-23(2)21(28)17-13-19(26)24(3)18-8-6-5-7-16(17)18/h5-8,13,15H,4,9-12,14H2,1-3H3. The van der Waals surface area contributed by atoms with E-state index in [-0.39, 0.29) is 41.4 Å². The van der Waals surface area contributed by atoms with E-state index in [9.17, 15) is 19.2 Å². The summed E-state index contributed by atoms with van der Waals surface area (Å²) in [5.41, 5.74) is 0.664. The number of hydrogen-bond acceptors (Lipinski definition) is 5. The highest BCUT2D eigenvalue weighted by Crippen LogP contribution is 2.20. The third-order valence-corrected chi connectivity index (χ3v) is 5.57. The molecular formula is C22H27N3O5. The fourth-order valence-corrected chi connectivity index (χ4v) is 3.79. The van der Waals surface area contributed by atoms with E-state index in [1.807, 2.05) is 12.1 Å². The minimum absolute atomic E-state index is 0.0908. The molecule has 0 unspecified atom stereocenters. The molecule has 0 saturated carbocycles. The van der Waals surface area contributed by atoms with Crippen molar-refractivity contribution in [1.82, 2.24) is 14.4 Å². The summed E-state index contributed by atoms with van der Waals surface area (Å²) in [6, 6.07) is 8.51. The molecule has 8 nitrogen and oxygen atoms in total. The lowest BCUT2D eigenvalue weighted by atomic mass is 9.97. The summed E-state index contributed by atoms with van der Waals surface area (Å²) in [7, 11) is 3.21. The van der Waals surface area contributed by atoms with Crippen LogP contribution in [0, 0.1) is 5.92 Å². The average molecular weight is 413 g/mol. The molecule has 0 radical (unpaired) electrons. The Kier molecular flexibility index (Phi) is 6.54. The third-order valence-electron chi connectivity index (χ3n) is 5.57. The number of pyridine rings is 1. The molecule has 1 aliphatic rings. The Hall–Kier alpha value is -3.16. The molecule has 0 aliphatic carbocycles. The first kappa shape index (κ1) is 21.5. The zero-order valence-electron chi connectivity index (χ0n) is 17.6. The van der Waals surface area contributed by atoms with Crippen molar-refractivity contribution in [2.75, 3.05) is 33.3 Å². The molecule has 1 aromatic carbocycles. The Labute approximate surface area is 175 Å². The van der Waals surface area contributed by atoms with E-state index < -0.39 is 0 Å². The molecule has 2 heterocycles. The minimum Gasteiger partial charge on any atom is -0.466 e. The number of nitrogens with zero attached hydrogens (tertiary/aromatic N) is 3. The molecule has 1 aromatic heterocycles. The van der Waals surface area contributed by atoms with Gasteiger partial charge in [-0.3, -0.25) is 19.2 Å². The van der Waals surface area contributed by atoms with Gasteiger partial charge in [0.25, 0.3) is 11.5 Å². The molecule has 1 aliphatic heterocycles. The van der Waals surface area contributed by atoms with Crippen LogP contribution >= 0.6 is 0 Å². The van der Waals surface area contributed by atoms with Gasteiger partial charge in [-0.05, 0) is 25.8 Å². The van der Waals surface area contributed by atoms with Gasteiger partial charge in [0.05, 0.1) is 30.1 Å². The van der Waals surface area contributed by atoms with E-state index in [0.717, 1.165) is 0 Å². The highest BCUT2D eigenvalue weighted by Gasteiger charge is 2.29. The molecule has 0 bridgehead atoms. The number of likely N-dealkylation sites (N-methyl/N-ethyl adjacent to an activating group) is 1. The largest absolute Gasteiger partial charge is 0.466 e. The second kappa shape index (κ2) is 9.11. The summed E-state index contributed by atoms with van der Waals surface area (Å²) >= 11 is 0. The lowest BCUT2D eigenvalue weighted by Crippen LogP contribution is -2.45. The second-order valence-electron chi connectivity index (χ2n) is 7.54. The van der Waals surface area contributed by atoms with Crippen LogP contribution in [0.3, 0.4) is 0 Å². The number of carbonyl (C=O) groups is 3. The predicted molar refractivity (Wildman–Crippen MR) is 112 cm³/mol. The van der Waals surface area contributed by atoms with Crippen molar-refractivity contribution in [2.24, 2.45) is 13.0 Å². The Morgan fingerprint density at radius 2 is 1.83 bits per heavy atom. The van der Waals surface area contributed by atoms with Crippen LogP contribution in [0.4, 0.5) is 0 Å². The summed E-state index contributed by atoms with van der Waals surface area (Å²) in [5, 5.41) is 0.666. The SMILES string of the molecule is CCOC(=O)C1CCN(C(=O)CN(C)C(=O)c2cc(=O)n(C)c3ccccc23)CC1. The van der Waals surface area contributed by atoms with Gasteiger partial charge >= 0.3 is 5.97 Å². The van der Waals surface area contributed by atoms with E-state index in [0.29, 0.717) is 43.4 Å². The van der Waals surface area contributed by atoms with Gasteiger partial charge in [-0.1, -0.05) is 18.2 Å². The second-order valence-corrected chi connectivity index (χ2v) is 7.54. The molecule has 30 heavy (non-hydrogen) atoms. The van der Waals surface area contributed by atoms with Gasteiger partial charge in [-0.2, -0.15) is 0 Å². The Balaban J connectivity index is 1.68. The summed E-state index contributed by atoms with van der Waals surface area (Å²) < 4.78 is 6.54. The van der Waals surface area contributed by atoms with Crippen LogP contribution in [0.15, 0.2) is 35.1 Å². The zero-order chi connectivity index (χ0) is 21.8. The molecule has 160 valence electrons. The number of aromatic nitrogens is 1. The van der Waals surface area contributed by atoms with Crippen molar-refractivity contribution >= 4 is 28.7 Å². The molecule has 3 rings (SSSR count). The van der Waals surface area contributed by atoms with Gasteiger partial charge in [0.15, 0.2) is 0 Å². The zero-order valence-corrected chi connectivity index (χ0v) is 17.6. The number of esters is 1. The lowest BCUT2D eigenvalue weighted by Gasteiger charge is -2.32. The number of likely N-dealkylation sites (tertiary alicyclic amines) is 1. The smallest absolute Gasteiger partial charge is 0.309 e. The van der Waals surface area contributed by atoms with Crippen molar-refractivity contribution in [3.8, 4) is 0 Å². The molecular weight excluding hydrogens is 386 g/mol. The van der Waals surface area contributed by atoms with Crippen molar-refractivity contribution in [2.45, 2.75) is 19.8 Å². The number of amides is 2. The van der Waals surface area contributed by atoms with Crippen molar-refractivity contribution in [3.63, 3.8) is 0 Å². The fourth-order valence-electron chi connectivity index (χ4n) is 3.79. The predicted octanol–water partition coefficient (Wildman–Crippen LogP) is 1.41. The quantitative estimate of drug-likeness (QED) is 0.692. The lowest BCUT2D eigenvalue weighted by molar-refractivity contribution is -0.151. The first-order valence-corrected chi connectivity index (χ1v) is 10.1. The van der Waals surface area contributed by atoms with Crippen LogP contribution in [-0.4, -0.2) is 65.4 Å². The highest BCUT2D eigenvalue weighted by molar-refractivity contribution is 6.06. The maximum atomic E-state index is 13.0. The van der Waals surface area contributed by atoms with Gasteiger partial charge < -0.3 is 19.1 Å². The van der Waals surface area contributed by atoms with Crippen molar-refractivity contribution < 1.29 is 19.1 Å². The number of fused-ring (bicyclic) bond motifs is 1. The monoisotopic (exact) mass is 413 g/mol. The number of para-hydroxylation sites is 1. The van der Waals surface area contributed by atoms with Crippen LogP contribution in [0.1, 0.15) is 30.1 Å². The summed E-state index contributed by atoms with van der Waals surface area (Å²) in [5.74, 6) is -0.949. The van der Waals surface area contributed by atoms with Gasteiger partial charge in [0.1, 0.15) is 0 Å². The van der Waals surface area contributed by atoms with E-state index in [1.165, 1.54) is 15.5 Å². The average Bonchev–Trinajstić information content (AvgIpc) is 2.76. The molecule has 0 spiro atoms. The first-order chi connectivity index (χ1) is 14.3. The van der Waals surface area contributed by atoms with E-state index in [4.69, 9.17) is 4.74 Å². The molecule has 2 aromatic rings.